The molecule has 2 saturated carbocycles. The third-order valence-electron chi connectivity index (χ3n) is 5.66. The second-order valence-electron chi connectivity index (χ2n) is 6.60. The normalized spacial score (nSPS) is 34.8. The first-order valence-corrected chi connectivity index (χ1v) is 7.77. The number of rotatable bonds is 3. The molecule has 6 heteroatoms. The second-order valence-corrected chi connectivity index (χ2v) is 6.60. The summed E-state index contributed by atoms with van der Waals surface area (Å²) in [7, 11) is 1.55. The Morgan fingerprint density at radius 2 is 1.78 bits per heavy atom. The van der Waals surface area contributed by atoms with Gasteiger partial charge in [-0.2, -0.15) is 0 Å². The third kappa shape index (κ3) is 1.84. The Bertz CT molecular complexity index is 697. The van der Waals surface area contributed by atoms with E-state index in [9.17, 15) is 19.5 Å². The zero-order chi connectivity index (χ0) is 16.3. The van der Waals surface area contributed by atoms with E-state index in [1.807, 2.05) is 0 Å². The number of nitrogens with zero attached hydrogens (tertiary/aromatic N) is 1. The van der Waals surface area contributed by atoms with E-state index in [1.165, 1.54) is 4.90 Å². The van der Waals surface area contributed by atoms with Gasteiger partial charge in [-0.25, -0.2) is 0 Å². The van der Waals surface area contributed by atoms with E-state index in [2.05, 4.69) is 0 Å². The van der Waals surface area contributed by atoms with E-state index in [0.717, 1.165) is 0 Å². The Morgan fingerprint density at radius 1 is 1.13 bits per heavy atom. The van der Waals surface area contributed by atoms with E-state index in [-0.39, 0.29) is 29.6 Å². The third-order valence-corrected chi connectivity index (χ3v) is 5.66. The Hall–Kier alpha value is -2.37. The number of anilines is 1. The number of imide groups is 1. The average molecular weight is 315 g/mol. The lowest BCUT2D eigenvalue weighted by Gasteiger charge is -2.25. The van der Waals surface area contributed by atoms with Crippen LogP contribution in [-0.2, 0) is 14.4 Å². The highest BCUT2D eigenvalue weighted by Crippen LogP contribution is 2.59. The molecule has 2 bridgehead atoms. The molecular formula is C17H17NO5. The van der Waals surface area contributed by atoms with Crippen LogP contribution < -0.4 is 9.64 Å². The highest BCUT2D eigenvalue weighted by molar-refractivity contribution is 6.22. The molecule has 3 fully saturated rings. The number of carboxylic acid groups (broad SMARTS) is 1. The van der Waals surface area contributed by atoms with Gasteiger partial charge in [0.25, 0.3) is 0 Å². The quantitative estimate of drug-likeness (QED) is 0.855. The summed E-state index contributed by atoms with van der Waals surface area (Å²) in [6, 6.07) is 6.79. The number of ether oxygens (including phenoxy) is 1. The van der Waals surface area contributed by atoms with Gasteiger partial charge in [0.05, 0.1) is 30.6 Å². The SMILES string of the molecule is COc1ccc(N2C(=O)C3C4CC(C(=O)O)C(C4)C3C2=O)cc1. The fourth-order valence-corrected chi connectivity index (χ4v) is 4.73. The lowest BCUT2D eigenvalue weighted by Crippen LogP contribution is -2.34. The number of benzene rings is 1. The summed E-state index contributed by atoms with van der Waals surface area (Å²) in [5.41, 5.74) is 0.529. The number of carbonyl (C=O) groups is 3. The van der Waals surface area contributed by atoms with E-state index >= 15 is 0 Å². The lowest BCUT2D eigenvalue weighted by molar-refractivity contribution is -0.145. The molecule has 5 unspecified atom stereocenters. The topological polar surface area (TPSA) is 83.9 Å². The van der Waals surface area contributed by atoms with Crippen molar-refractivity contribution in [3.63, 3.8) is 0 Å². The maximum absolute atomic E-state index is 12.8. The van der Waals surface area contributed by atoms with E-state index in [0.29, 0.717) is 24.3 Å². The van der Waals surface area contributed by atoms with Crippen molar-refractivity contribution in [2.75, 3.05) is 12.0 Å². The molecule has 6 nitrogen and oxygen atoms in total. The molecule has 120 valence electrons. The Morgan fingerprint density at radius 3 is 2.39 bits per heavy atom. The number of methoxy groups -OCH3 is 1. The number of amides is 2. The summed E-state index contributed by atoms with van der Waals surface area (Å²) in [5, 5.41) is 9.32. The molecule has 23 heavy (non-hydrogen) atoms. The van der Waals surface area contributed by atoms with Crippen molar-refractivity contribution in [3.05, 3.63) is 24.3 Å². The van der Waals surface area contributed by atoms with E-state index in [1.54, 1.807) is 31.4 Å². The number of hydrogen-bond acceptors (Lipinski definition) is 4. The lowest BCUT2D eigenvalue weighted by atomic mass is 9.75. The van der Waals surface area contributed by atoms with E-state index in [4.69, 9.17) is 4.74 Å². The summed E-state index contributed by atoms with van der Waals surface area (Å²) in [6.07, 6.45) is 1.19. The van der Waals surface area contributed by atoms with Crippen molar-refractivity contribution in [3.8, 4) is 5.75 Å². The van der Waals surface area contributed by atoms with Gasteiger partial charge in [0.15, 0.2) is 0 Å². The molecule has 3 aliphatic rings. The van der Waals surface area contributed by atoms with Crippen LogP contribution in [0.5, 0.6) is 5.75 Å². The maximum atomic E-state index is 12.8. The molecule has 1 aromatic rings. The summed E-state index contributed by atoms with van der Waals surface area (Å²) in [6.45, 7) is 0. The number of aliphatic carboxylic acids is 1. The van der Waals surface area contributed by atoms with Crippen molar-refractivity contribution in [2.45, 2.75) is 12.8 Å². The Kier molecular flexibility index (Phi) is 2.98. The van der Waals surface area contributed by atoms with Crippen molar-refractivity contribution in [1.29, 1.82) is 0 Å². The molecule has 2 amide bonds. The van der Waals surface area contributed by atoms with Crippen molar-refractivity contribution in [1.82, 2.24) is 0 Å². The van der Waals surface area contributed by atoms with Crippen LogP contribution >= 0.6 is 0 Å². The van der Waals surface area contributed by atoms with Crippen molar-refractivity contribution >= 4 is 23.5 Å². The minimum absolute atomic E-state index is 0.0193. The molecule has 1 saturated heterocycles. The highest BCUT2D eigenvalue weighted by atomic mass is 16.5. The first kappa shape index (κ1) is 14.2. The molecule has 0 radical (unpaired) electrons. The zero-order valence-corrected chi connectivity index (χ0v) is 12.6. The van der Waals surface area contributed by atoms with Gasteiger partial charge in [-0.3, -0.25) is 19.3 Å². The number of carbonyl (C=O) groups excluding carboxylic acids is 2. The Labute approximate surface area is 133 Å². The minimum Gasteiger partial charge on any atom is -0.497 e. The van der Waals surface area contributed by atoms with Crippen LogP contribution in [0.25, 0.3) is 0 Å². The monoisotopic (exact) mass is 315 g/mol. The summed E-state index contributed by atoms with van der Waals surface area (Å²) < 4.78 is 5.09. The van der Waals surface area contributed by atoms with Crippen molar-refractivity contribution < 1.29 is 24.2 Å². The van der Waals surface area contributed by atoms with Crippen LogP contribution in [0.15, 0.2) is 24.3 Å². The molecule has 0 aromatic heterocycles. The van der Waals surface area contributed by atoms with Gasteiger partial charge in [-0.15, -0.1) is 0 Å². The predicted octanol–water partition coefficient (Wildman–Crippen LogP) is 1.54. The van der Waals surface area contributed by atoms with Crippen LogP contribution in [0.2, 0.25) is 0 Å². The molecule has 1 aromatic carbocycles. The van der Waals surface area contributed by atoms with Gasteiger partial charge in [0.2, 0.25) is 11.8 Å². The van der Waals surface area contributed by atoms with Crippen LogP contribution in [0.1, 0.15) is 12.8 Å². The molecule has 0 spiro atoms. The maximum Gasteiger partial charge on any atom is 0.306 e. The Balaban J connectivity index is 1.66. The van der Waals surface area contributed by atoms with Crippen molar-refractivity contribution in [2.24, 2.45) is 29.6 Å². The van der Waals surface area contributed by atoms with Gasteiger partial charge in [0, 0.05) is 0 Å². The first-order valence-electron chi connectivity index (χ1n) is 7.77. The number of fused-ring (bicyclic) bond motifs is 5. The molecule has 1 aliphatic heterocycles. The summed E-state index contributed by atoms with van der Waals surface area (Å²) in [5.74, 6) is -2.11. The average Bonchev–Trinajstić information content (AvgIpc) is 3.19. The van der Waals surface area contributed by atoms with E-state index < -0.39 is 17.8 Å². The van der Waals surface area contributed by atoms with Crippen LogP contribution in [0, 0.1) is 29.6 Å². The van der Waals surface area contributed by atoms with Gasteiger partial charge < -0.3 is 9.84 Å². The molecular weight excluding hydrogens is 298 g/mol. The fourth-order valence-electron chi connectivity index (χ4n) is 4.73. The molecule has 2 aliphatic carbocycles. The summed E-state index contributed by atoms with van der Waals surface area (Å²) in [4.78, 5) is 38.1. The second kappa shape index (κ2) is 4.81. The van der Waals surface area contributed by atoms with Gasteiger partial charge >= 0.3 is 5.97 Å². The smallest absolute Gasteiger partial charge is 0.306 e. The first-order chi connectivity index (χ1) is 11.0. The molecule has 5 atom stereocenters. The molecule has 4 rings (SSSR count). The highest BCUT2D eigenvalue weighted by Gasteiger charge is 2.65. The predicted molar refractivity (Wildman–Crippen MR) is 79.8 cm³/mol. The van der Waals surface area contributed by atoms with Crippen LogP contribution in [-0.4, -0.2) is 30.0 Å². The molecule has 1 heterocycles. The minimum atomic E-state index is -0.848. The summed E-state index contributed by atoms with van der Waals surface area (Å²) >= 11 is 0. The van der Waals surface area contributed by atoms with Crippen LogP contribution in [0.4, 0.5) is 5.69 Å². The van der Waals surface area contributed by atoms with Gasteiger partial charge in [-0.1, -0.05) is 0 Å². The van der Waals surface area contributed by atoms with Gasteiger partial charge in [0.1, 0.15) is 5.75 Å². The zero-order valence-electron chi connectivity index (χ0n) is 12.6. The fraction of sp³-hybridized carbons (Fsp3) is 0.471. The largest absolute Gasteiger partial charge is 0.497 e. The number of hydrogen-bond donors (Lipinski definition) is 1. The number of carboxylic acids is 1. The molecule has 1 N–H and O–H groups in total. The van der Waals surface area contributed by atoms with Gasteiger partial charge in [-0.05, 0) is 48.9 Å². The van der Waals surface area contributed by atoms with Crippen LogP contribution in [0.3, 0.4) is 0 Å². The standard InChI is InChI=1S/C17H17NO5/c1-23-10-4-2-9(3-5-10)18-15(19)13-8-6-11(14(13)16(18)20)12(7-8)17(21)22/h2-5,8,11-14H,6-7H2,1H3,(H,21,22).